The van der Waals surface area contributed by atoms with Crippen LogP contribution in [0, 0.1) is 0 Å². The minimum Gasteiger partial charge on any atom is -0.378 e. The van der Waals surface area contributed by atoms with E-state index in [0.29, 0.717) is 31.9 Å². The molecular weight excluding hydrogens is 337 g/mol. The number of morpholine rings is 1. The van der Waals surface area contributed by atoms with Gasteiger partial charge in [0.15, 0.2) is 0 Å². The van der Waals surface area contributed by atoms with Gasteiger partial charge in [0, 0.05) is 38.8 Å². The quantitative estimate of drug-likeness (QED) is 0.776. The Balaban J connectivity index is 1.89. The number of hydrogen-bond acceptors (Lipinski definition) is 3. The van der Waals surface area contributed by atoms with Crippen molar-refractivity contribution in [2.45, 2.75) is 12.7 Å². The summed E-state index contributed by atoms with van der Waals surface area (Å²) in [6.45, 7) is 2.06. The van der Waals surface area contributed by atoms with Crippen LogP contribution in [0.4, 0.5) is 13.2 Å². The summed E-state index contributed by atoms with van der Waals surface area (Å²) in [4.78, 5) is 26.9. The van der Waals surface area contributed by atoms with E-state index >= 15 is 0 Å². The number of rotatable bonds is 4. The molecule has 0 unspecified atom stereocenters. The molecule has 1 aromatic rings. The van der Waals surface area contributed by atoms with Gasteiger partial charge < -0.3 is 14.5 Å². The number of carbonyl (C=O) groups excluding carboxylic acids is 2. The van der Waals surface area contributed by atoms with Crippen molar-refractivity contribution in [3.8, 4) is 0 Å². The van der Waals surface area contributed by atoms with Gasteiger partial charge in [0.05, 0.1) is 18.8 Å². The van der Waals surface area contributed by atoms with Gasteiger partial charge in [-0.1, -0.05) is 12.1 Å². The van der Waals surface area contributed by atoms with E-state index in [2.05, 4.69) is 0 Å². The SMILES string of the molecule is CN(Cc1ccc(C(F)(F)F)cc1)C(=O)/C=C/C(=O)N1CCOCC1. The first kappa shape index (κ1) is 19.0. The van der Waals surface area contributed by atoms with Crippen molar-refractivity contribution in [3.63, 3.8) is 0 Å². The average Bonchev–Trinajstić information content (AvgIpc) is 2.59. The Labute approximate surface area is 143 Å². The number of ether oxygens (including phenoxy) is 1. The molecule has 8 heteroatoms. The summed E-state index contributed by atoms with van der Waals surface area (Å²) >= 11 is 0. The van der Waals surface area contributed by atoms with Crippen LogP contribution in [0.25, 0.3) is 0 Å². The molecule has 0 saturated carbocycles. The van der Waals surface area contributed by atoms with Crippen molar-refractivity contribution in [2.75, 3.05) is 33.4 Å². The molecule has 1 aliphatic heterocycles. The van der Waals surface area contributed by atoms with Crippen LogP contribution in [0.2, 0.25) is 0 Å². The lowest BCUT2D eigenvalue weighted by molar-refractivity contribution is -0.137. The minimum atomic E-state index is -4.39. The first-order valence-electron chi connectivity index (χ1n) is 7.73. The van der Waals surface area contributed by atoms with Crippen LogP contribution >= 0.6 is 0 Å². The van der Waals surface area contributed by atoms with Crippen molar-refractivity contribution < 1.29 is 27.5 Å². The van der Waals surface area contributed by atoms with Crippen molar-refractivity contribution in [3.05, 3.63) is 47.5 Å². The fraction of sp³-hybridized carbons (Fsp3) is 0.412. The van der Waals surface area contributed by atoms with Gasteiger partial charge in [-0.25, -0.2) is 0 Å². The Hall–Kier alpha value is -2.35. The molecule has 2 rings (SSSR count). The molecule has 1 heterocycles. The second-order valence-electron chi connectivity index (χ2n) is 5.66. The number of likely N-dealkylation sites (N-methyl/N-ethyl adjacent to an activating group) is 1. The molecule has 0 bridgehead atoms. The largest absolute Gasteiger partial charge is 0.416 e. The molecule has 1 fully saturated rings. The second kappa shape index (κ2) is 8.15. The van der Waals surface area contributed by atoms with Crippen molar-refractivity contribution in [1.29, 1.82) is 0 Å². The third-order valence-corrected chi connectivity index (χ3v) is 3.77. The van der Waals surface area contributed by atoms with E-state index in [1.54, 1.807) is 4.90 Å². The maximum absolute atomic E-state index is 12.5. The van der Waals surface area contributed by atoms with Gasteiger partial charge in [-0.3, -0.25) is 9.59 Å². The number of amides is 2. The number of benzene rings is 1. The Morgan fingerprint density at radius 1 is 1.16 bits per heavy atom. The van der Waals surface area contributed by atoms with Gasteiger partial charge in [-0.05, 0) is 17.7 Å². The zero-order valence-corrected chi connectivity index (χ0v) is 13.8. The molecule has 5 nitrogen and oxygen atoms in total. The van der Waals surface area contributed by atoms with E-state index < -0.39 is 17.6 Å². The molecule has 0 N–H and O–H groups in total. The first-order chi connectivity index (χ1) is 11.8. The summed E-state index contributed by atoms with van der Waals surface area (Å²) in [5.74, 6) is -0.666. The molecule has 1 aromatic carbocycles. The zero-order valence-electron chi connectivity index (χ0n) is 13.8. The average molecular weight is 356 g/mol. The van der Waals surface area contributed by atoms with Crippen LogP contribution in [0.5, 0.6) is 0 Å². The molecule has 0 radical (unpaired) electrons. The van der Waals surface area contributed by atoms with E-state index in [9.17, 15) is 22.8 Å². The number of halogens is 3. The molecule has 1 aliphatic rings. The van der Waals surface area contributed by atoms with Gasteiger partial charge in [-0.2, -0.15) is 13.2 Å². The van der Waals surface area contributed by atoms with Gasteiger partial charge in [-0.15, -0.1) is 0 Å². The molecular formula is C17H19F3N2O3. The van der Waals surface area contributed by atoms with E-state index in [-0.39, 0.29) is 12.5 Å². The van der Waals surface area contributed by atoms with Gasteiger partial charge >= 0.3 is 6.18 Å². The molecule has 136 valence electrons. The fourth-order valence-corrected chi connectivity index (χ4v) is 2.31. The Morgan fingerprint density at radius 3 is 2.32 bits per heavy atom. The van der Waals surface area contributed by atoms with Crippen molar-refractivity contribution in [2.24, 2.45) is 0 Å². The van der Waals surface area contributed by atoms with E-state index in [4.69, 9.17) is 4.74 Å². The predicted molar refractivity (Wildman–Crippen MR) is 84.5 cm³/mol. The Bertz CT molecular complexity index is 636. The molecule has 0 aliphatic carbocycles. The van der Waals surface area contributed by atoms with Gasteiger partial charge in [0.2, 0.25) is 11.8 Å². The number of nitrogens with zero attached hydrogens (tertiary/aromatic N) is 2. The lowest BCUT2D eigenvalue weighted by atomic mass is 10.1. The fourth-order valence-electron chi connectivity index (χ4n) is 2.31. The predicted octanol–water partition coefficient (Wildman–Crippen LogP) is 2.08. The minimum absolute atomic E-state index is 0.146. The Kier molecular flexibility index (Phi) is 6.19. The highest BCUT2D eigenvalue weighted by molar-refractivity contribution is 5.96. The van der Waals surface area contributed by atoms with E-state index in [1.807, 2.05) is 0 Å². The summed E-state index contributed by atoms with van der Waals surface area (Å²) in [5, 5.41) is 0. The van der Waals surface area contributed by atoms with Crippen LogP contribution < -0.4 is 0 Å². The van der Waals surface area contributed by atoms with E-state index in [0.717, 1.165) is 12.1 Å². The summed E-state index contributed by atoms with van der Waals surface area (Å²) in [5.41, 5.74) is -0.169. The number of carbonyl (C=O) groups is 2. The highest BCUT2D eigenvalue weighted by Gasteiger charge is 2.29. The standard InChI is InChI=1S/C17H19F3N2O3/c1-21(12-13-2-4-14(5-3-13)17(18,19)20)15(23)6-7-16(24)22-8-10-25-11-9-22/h2-7H,8-12H2,1H3/b7-6+. The molecule has 0 atom stereocenters. The normalized spacial score (nSPS) is 15.4. The van der Waals surface area contributed by atoms with Crippen molar-refractivity contribution >= 4 is 11.8 Å². The number of alkyl halides is 3. The maximum Gasteiger partial charge on any atom is 0.416 e. The lowest BCUT2D eigenvalue weighted by Crippen LogP contribution is -2.40. The van der Waals surface area contributed by atoms with Gasteiger partial charge in [0.25, 0.3) is 0 Å². The topological polar surface area (TPSA) is 49.9 Å². The van der Waals surface area contributed by atoms with Crippen LogP contribution in [0.1, 0.15) is 11.1 Å². The maximum atomic E-state index is 12.5. The van der Waals surface area contributed by atoms with E-state index in [1.165, 1.54) is 36.2 Å². The first-order valence-corrected chi connectivity index (χ1v) is 7.73. The summed E-state index contributed by atoms with van der Waals surface area (Å²) in [7, 11) is 1.52. The molecule has 2 amide bonds. The summed E-state index contributed by atoms with van der Waals surface area (Å²) in [6.07, 6.45) is -2.01. The molecule has 25 heavy (non-hydrogen) atoms. The summed E-state index contributed by atoms with van der Waals surface area (Å²) < 4.78 is 42.7. The molecule has 1 saturated heterocycles. The Morgan fingerprint density at radius 2 is 1.76 bits per heavy atom. The van der Waals surface area contributed by atoms with Crippen LogP contribution in [-0.2, 0) is 27.0 Å². The van der Waals surface area contributed by atoms with Crippen LogP contribution in [0.3, 0.4) is 0 Å². The molecule has 0 spiro atoms. The highest BCUT2D eigenvalue weighted by atomic mass is 19.4. The smallest absolute Gasteiger partial charge is 0.378 e. The lowest BCUT2D eigenvalue weighted by Gasteiger charge is -2.25. The molecule has 0 aromatic heterocycles. The van der Waals surface area contributed by atoms with Crippen LogP contribution in [0.15, 0.2) is 36.4 Å². The number of hydrogen-bond donors (Lipinski definition) is 0. The van der Waals surface area contributed by atoms with Crippen LogP contribution in [-0.4, -0.2) is 55.0 Å². The second-order valence-corrected chi connectivity index (χ2v) is 5.66. The van der Waals surface area contributed by atoms with Gasteiger partial charge in [0.1, 0.15) is 0 Å². The zero-order chi connectivity index (χ0) is 18.4. The third-order valence-electron chi connectivity index (χ3n) is 3.77. The van der Waals surface area contributed by atoms with Crippen molar-refractivity contribution in [1.82, 2.24) is 9.80 Å². The summed E-state index contributed by atoms with van der Waals surface area (Å²) in [6, 6.07) is 4.61. The monoisotopic (exact) mass is 356 g/mol. The highest BCUT2D eigenvalue weighted by Crippen LogP contribution is 2.29. The third kappa shape index (κ3) is 5.60.